The summed E-state index contributed by atoms with van der Waals surface area (Å²) in [7, 11) is 0. The van der Waals surface area contributed by atoms with Crippen molar-refractivity contribution in [1.82, 2.24) is 5.43 Å². The molecule has 0 radical (unpaired) electrons. The van der Waals surface area contributed by atoms with Crippen LogP contribution >= 0.6 is 0 Å². The van der Waals surface area contributed by atoms with Crippen LogP contribution in [0.2, 0.25) is 0 Å². The van der Waals surface area contributed by atoms with E-state index in [2.05, 4.69) is 15.8 Å². The van der Waals surface area contributed by atoms with Gasteiger partial charge in [-0.05, 0) is 36.2 Å². The maximum absolute atomic E-state index is 12.2. The summed E-state index contributed by atoms with van der Waals surface area (Å²) in [6.07, 6.45) is 0. The molecule has 0 heterocycles. The molecule has 0 aliphatic carbocycles. The van der Waals surface area contributed by atoms with E-state index in [1.54, 1.807) is 19.1 Å². The lowest BCUT2D eigenvalue weighted by molar-refractivity contribution is -0.123. The highest BCUT2D eigenvalue weighted by molar-refractivity contribution is 6.00. The summed E-state index contributed by atoms with van der Waals surface area (Å²) >= 11 is 0. The average molecular weight is 401 g/mol. The van der Waals surface area contributed by atoms with Gasteiger partial charge in [0, 0.05) is 18.2 Å². The first-order valence-electron chi connectivity index (χ1n) is 9.51. The highest BCUT2D eigenvalue weighted by atomic mass is 16.5. The third kappa shape index (κ3) is 5.78. The van der Waals surface area contributed by atoms with Crippen molar-refractivity contribution in [2.24, 2.45) is 5.10 Å². The molecule has 3 aromatic carbocycles. The van der Waals surface area contributed by atoms with Gasteiger partial charge in [-0.15, -0.1) is 0 Å². The zero-order chi connectivity index (χ0) is 21.3. The Morgan fingerprint density at radius 1 is 0.900 bits per heavy atom. The quantitative estimate of drug-likeness (QED) is 0.459. The zero-order valence-electron chi connectivity index (χ0n) is 16.9. The third-order valence-electron chi connectivity index (χ3n) is 4.28. The fourth-order valence-electron chi connectivity index (χ4n) is 2.86. The monoisotopic (exact) mass is 401 g/mol. The van der Waals surface area contributed by atoms with Crippen molar-refractivity contribution in [2.75, 3.05) is 11.9 Å². The summed E-state index contributed by atoms with van der Waals surface area (Å²) in [6.45, 7) is 3.06. The van der Waals surface area contributed by atoms with Gasteiger partial charge >= 0.3 is 0 Å². The van der Waals surface area contributed by atoms with Crippen LogP contribution in [0.5, 0.6) is 5.75 Å². The molecule has 0 fully saturated rings. The van der Waals surface area contributed by atoms with E-state index >= 15 is 0 Å². The summed E-state index contributed by atoms with van der Waals surface area (Å²) in [5, 5.41) is 6.85. The van der Waals surface area contributed by atoms with Crippen LogP contribution in [0.15, 0.2) is 84.0 Å². The lowest BCUT2D eigenvalue weighted by Gasteiger charge is -2.11. The van der Waals surface area contributed by atoms with Crippen molar-refractivity contribution < 1.29 is 14.3 Å². The number of hydrazone groups is 1. The lowest BCUT2D eigenvalue weighted by atomic mass is 10.1. The van der Waals surface area contributed by atoms with Crippen molar-refractivity contribution in [3.63, 3.8) is 0 Å². The van der Waals surface area contributed by atoms with Gasteiger partial charge < -0.3 is 10.1 Å². The lowest BCUT2D eigenvalue weighted by Crippen LogP contribution is -2.25. The largest absolute Gasteiger partial charge is 0.483 e. The second kappa shape index (κ2) is 10.0. The minimum Gasteiger partial charge on any atom is -0.483 e. The molecule has 0 spiro atoms. The number of para-hydroxylation sites is 1. The Morgan fingerprint density at radius 2 is 1.63 bits per heavy atom. The Morgan fingerprint density at radius 3 is 2.40 bits per heavy atom. The molecular weight excluding hydrogens is 378 g/mol. The van der Waals surface area contributed by atoms with E-state index < -0.39 is 0 Å². The summed E-state index contributed by atoms with van der Waals surface area (Å²) < 4.78 is 5.73. The molecule has 0 saturated carbocycles. The van der Waals surface area contributed by atoms with Crippen molar-refractivity contribution in [2.45, 2.75) is 13.8 Å². The van der Waals surface area contributed by atoms with Gasteiger partial charge in [-0.25, -0.2) is 5.43 Å². The molecule has 0 saturated heterocycles. The van der Waals surface area contributed by atoms with Gasteiger partial charge in [-0.1, -0.05) is 60.7 Å². The van der Waals surface area contributed by atoms with Crippen molar-refractivity contribution >= 4 is 23.2 Å². The van der Waals surface area contributed by atoms with E-state index in [1.165, 1.54) is 6.92 Å². The fourth-order valence-corrected chi connectivity index (χ4v) is 2.86. The molecule has 3 aromatic rings. The van der Waals surface area contributed by atoms with Gasteiger partial charge in [0.15, 0.2) is 6.61 Å². The molecule has 0 aromatic heterocycles. The summed E-state index contributed by atoms with van der Waals surface area (Å²) in [4.78, 5) is 23.4. The second-order valence-corrected chi connectivity index (χ2v) is 6.65. The average Bonchev–Trinajstić information content (AvgIpc) is 2.76. The number of rotatable bonds is 7. The molecule has 2 N–H and O–H groups in total. The van der Waals surface area contributed by atoms with E-state index in [1.807, 2.05) is 66.7 Å². The summed E-state index contributed by atoms with van der Waals surface area (Å²) in [5.41, 5.74) is 6.51. The highest BCUT2D eigenvalue weighted by Gasteiger charge is 2.08. The van der Waals surface area contributed by atoms with E-state index in [0.29, 0.717) is 17.1 Å². The number of benzene rings is 3. The molecule has 6 nitrogen and oxygen atoms in total. The first-order chi connectivity index (χ1) is 14.5. The summed E-state index contributed by atoms with van der Waals surface area (Å²) in [5.74, 6) is 0.112. The number of nitrogens with one attached hydrogen (secondary N) is 2. The van der Waals surface area contributed by atoms with Crippen molar-refractivity contribution in [1.29, 1.82) is 0 Å². The van der Waals surface area contributed by atoms with Crippen LogP contribution in [0.1, 0.15) is 19.4 Å². The van der Waals surface area contributed by atoms with E-state index in [-0.39, 0.29) is 18.4 Å². The number of hydrogen-bond acceptors (Lipinski definition) is 4. The van der Waals surface area contributed by atoms with Crippen LogP contribution in [0, 0.1) is 0 Å². The SMILES string of the molecule is CC(=O)Nc1cccc(/C(C)=N\NC(=O)COc2ccccc2-c2ccccc2)c1. The molecule has 0 aliphatic heterocycles. The fraction of sp³-hybridized carbons (Fsp3) is 0.125. The maximum Gasteiger partial charge on any atom is 0.277 e. The molecule has 0 unspecified atom stereocenters. The van der Waals surface area contributed by atoms with E-state index in [0.717, 1.165) is 16.7 Å². The molecular formula is C24H23N3O3. The first-order valence-corrected chi connectivity index (χ1v) is 9.51. The molecule has 2 amide bonds. The Labute approximate surface area is 175 Å². The molecule has 30 heavy (non-hydrogen) atoms. The number of hydrogen-bond donors (Lipinski definition) is 2. The molecule has 6 heteroatoms. The van der Waals surface area contributed by atoms with Gasteiger partial charge in [0.1, 0.15) is 5.75 Å². The van der Waals surface area contributed by atoms with Crippen LogP contribution in [0.3, 0.4) is 0 Å². The minimum atomic E-state index is -0.366. The Balaban J connectivity index is 1.61. The van der Waals surface area contributed by atoms with E-state index in [4.69, 9.17) is 4.74 Å². The maximum atomic E-state index is 12.2. The Bertz CT molecular complexity index is 1060. The second-order valence-electron chi connectivity index (χ2n) is 6.65. The molecule has 0 aliphatic rings. The molecule has 152 valence electrons. The van der Waals surface area contributed by atoms with Crippen LogP contribution in [0.4, 0.5) is 5.69 Å². The van der Waals surface area contributed by atoms with Gasteiger partial charge in [0.25, 0.3) is 5.91 Å². The highest BCUT2D eigenvalue weighted by Crippen LogP contribution is 2.29. The Hall–Kier alpha value is -3.93. The van der Waals surface area contributed by atoms with Crippen molar-refractivity contribution in [3.8, 4) is 16.9 Å². The number of carbonyl (C=O) groups excluding carboxylic acids is 2. The van der Waals surface area contributed by atoms with Crippen molar-refractivity contribution in [3.05, 3.63) is 84.4 Å². The van der Waals surface area contributed by atoms with Gasteiger partial charge in [-0.2, -0.15) is 5.10 Å². The number of anilines is 1. The number of ether oxygens (including phenoxy) is 1. The number of amides is 2. The predicted octanol–water partition coefficient (Wildman–Crippen LogP) is 4.23. The molecule has 0 bridgehead atoms. The first kappa shape index (κ1) is 20.8. The van der Waals surface area contributed by atoms with Crippen LogP contribution < -0.4 is 15.5 Å². The predicted molar refractivity (Wildman–Crippen MR) is 118 cm³/mol. The summed E-state index contributed by atoms with van der Waals surface area (Å²) in [6, 6.07) is 24.7. The van der Waals surface area contributed by atoms with Crippen LogP contribution in [-0.2, 0) is 9.59 Å². The number of carbonyl (C=O) groups is 2. The zero-order valence-corrected chi connectivity index (χ0v) is 16.9. The molecule has 3 rings (SSSR count). The Kier molecular flexibility index (Phi) is 6.95. The third-order valence-corrected chi connectivity index (χ3v) is 4.28. The normalized spacial score (nSPS) is 10.9. The minimum absolute atomic E-state index is 0.150. The number of nitrogens with zero attached hydrogens (tertiary/aromatic N) is 1. The van der Waals surface area contributed by atoms with E-state index in [9.17, 15) is 9.59 Å². The standard InChI is InChI=1S/C24H23N3O3/c1-17(20-11-8-12-21(15-20)25-18(2)28)26-27-24(29)16-30-23-14-7-6-13-22(23)19-9-4-3-5-10-19/h3-15H,16H2,1-2H3,(H,25,28)(H,27,29)/b26-17-. The van der Waals surface area contributed by atoms with Crippen LogP contribution in [-0.4, -0.2) is 24.1 Å². The van der Waals surface area contributed by atoms with Gasteiger partial charge in [-0.3, -0.25) is 9.59 Å². The van der Waals surface area contributed by atoms with Crippen LogP contribution in [0.25, 0.3) is 11.1 Å². The smallest absolute Gasteiger partial charge is 0.277 e. The van der Waals surface area contributed by atoms with Gasteiger partial charge in [0.2, 0.25) is 5.91 Å². The topological polar surface area (TPSA) is 79.8 Å². The van der Waals surface area contributed by atoms with Gasteiger partial charge in [0.05, 0.1) is 5.71 Å². The molecule has 0 atom stereocenters.